The molecule has 41 heavy (non-hydrogen) atoms. The van der Waals surface area contributed by atoms with Crippen LogP contribution in [-0.2, 0) is 22.6 Å². The molecule has 1 N–H and O–H groups in total. The summed E-state index contributed by atoms with van der Waals surface area (Å²) in [5, 5.41) is 14.9. The fraction of sp³-hybridized carbons (Fsp3) is 0.455. The van der Waals surface area contributed by atoms with Gasteiger partial charge in [-0.15, -0.1) is 15.3 Å². The lowest BCUT2D eigenvalue weighted by Gasteiger charge is -2.37. The summed E-state index contributed by atoms with van der Waals surface area (Å²) in [4.78, 5) is 12.0. The number of hydrogen-bond acceptors (Lipinski definition) is 9. The Morgan fingerprint density at radius 3 is 1.90 bits per heavy atom. The second-order valence-corrected chi connectivity index (χ2v) is 13.9. The van der Waals surface area contributed by atoms with Gasteiger partial charge in [-0.3, -0.25) is 5.10 Å². The molecule has 0 spiro atoms. The van der Waals surface area contributed by atoms with Crippen molar-refractivity contribution >= 4 is 91.3 Å². The first-order chi connectivity index (χ1) is 19.3. The van der Waals surface area contributed by atoms with Crippen molar-refractivity contribution in [1.29, 1.82) is 0 Å². The molecule has 3 aromatic heterocycles. The van der Waals surface area contributed by atoms with E-state index in [2.05, 4.69) is 129 Å². The maximum atomic E-state index is 13.3. The lowest BCUT2D eigenvalue weighted by atomic mass is 9.89. The van der Waals surface area contributed by atoms with Gasteiger partial charge in [0.25, 0.3) is 0 Å². The van der Waals surface area contributed by atoms with E-state index >= 15 is 0 Å². The van der Waals surface area contributed by atoms with Gasteiger partial charge >= 0.3 is 6.01 Å². The lowest BCUT2D eigenvalue weighted by Crippen LogP contribution is -2.43. The Labute approximate surface area is 281 Å². The lowest BCUT2D eigenvalue weighted by molar-refractivity contribution is -0.112. The number of rotatable bonds is 6. The highest BCUT2D eigenvalue weighted by Crippen LogP contribution is 2.32. The van der Waals surface area contributed by atoms with Gasteiger partial charge in [0.1, 0.15) is 11.6 Å². The van der Waals surface area contributed by atoms with Crippen LogP contribution in [0.25, 0.3) is 0 Å². The van der Waals surface area contributed by atoms with Crippen LogP contribution in [0.1, 0.15) is 13.8 Å². The minimum atomic E-state index is -0.470. The molecule has 5 heterocycles. The van der Waals surface area contributed by atoms with Gasteiger partial charge in [0, 0.05) is 21.9 Å². The molecule has 0 radical (unpaired) electrons. The summed E-state index contributed by atoms with van der Waals surface area (Å²) < 4.78 is 35.8. The topological polar surface area (TPSA) is 131 Å². The van der Waals surface area contributed by atoms with Crippen molar-refractivity contribution in [3.05, 3.63) is 52.7 Å². The minimum Gasteiger partial charge on any atom is -0.424 e. The Kier molecular flexibility index (Phi) is 11.4. The number of aromatic nitrogens is 9. The van der Waals surface area contributed by atoms with Crippen molar-refractivity contribution in [3.8, 4) is 11.8 Å². The van der Waals surface area contributed by atoms with Gasteiger partial charge < -0.3 is 14.2 Å². The molecule has 0 amide bonds. The summed E-state index contributed by atoms with van der Waals surface area (Å²) in [5.74, 6) is -0.196. The predicted octanol–water partition coefficient (Wildman–Crippen LogP) is 6.83. The molecule has 222 valence electrons. The summed E-state index contributed by atoms with van der Waals surface area (Å²) in [6.45, 7) is 8.64. The van der Waals surface area contributed by atoms with Crippen LogP contribution in [0.3, 0.4) is 0 Å². The quantitative estimate of drug-likeness (QED) is 0.221. The fourth-order valence-electron chi connectivity index (χ4n) is 3.60. The molecule has 2 fully saturated rings. The van der Waals surface area contributed by atoms with Crippen LogP contribution >= 0.6 is 91.3 Å². The van der Waals surface area contributed by atoms with Gasteiger partial charge in [-0.2, -0.15) is 15.0 Å². The molecule has 2 aliphatic heterocycles. The Balaban J connectivity index is 0.000000163. The van der Waals surface area contributed by atoms with E-state index in [9.17, 15) is 4.39 Å². The molecular formula is C22H22Br5ClFN9O3. The summed E-state index contributed by atoms with van der Waals surface area (Å²) in [5.41, 5.74) is 0.223. The van der Waals surface area contributed by atoms with E-state index in [4.69, 9.17) is 25.8 Å². The van der Waals surface area contributed by atoms with E-state index in [1.54, 1.807) is 4.68 Å². The van der Waals surface area contributed by atoms with Gasteiger partial charge in [0.15, 0.2) is 9.47 Å². The Hall–Kier alpha value is -1.02. The van der Waals surface area contributed by atoms with E-state index in [0.717, 1.165) is 24.5 Å². The third-order valence-corrected chi connectivity index (χ3v) is 7.74. The van der Waals surface area contributed by atoms with Gasteiger partial charge in [0.05, 0.1) is 39.5 Å². The standard InChI is InChI=1S/C13H12BrClFN3O2.C7H9Br2N3O.C2HBr2N3/c1-13(6-20-7-13)5-19-12(17-11(14)18-19)21-10-3-8(15)2-9(16)4-10;1-7(3-13-4-7)2-12-6(9)10-5(8)11-12;3-1-5-2(4)7-6-1/h2-4H,5-7H2,1H3;2-4H2,1H3;(H,5,6,7). The van der Waals surface area contributed by atoms with Crippen LogP contribution in [0, 0.1) is 16.6 Å². The average Bonchev–Trinajstić information content (AvgIpc) is 3.49. The zero-order valence-electron chi connectivity index (χ0n) is 21.4. The maximum Gasteiger partial charge on any atom is 0.321 e. The molecule has 0 saturated carbocycles. The first-order valence-corrected chi connectivity index (χ1v) is 16.0. The molecule has 0 atom stereocenters. The zero-order valence-corrected chi connectivity index (χ0v) is 30.1. The molecule has 0 aliphatic carbocycles. The number of ether oxygens (including phenoxy) is 3. The SMILES string of the molecule is Brc1n[nH]c(Br)n1.CC1(Cn2nc(Br)nc2Br)COC1.CC1(Cn2nc(Br)nc2Oc2cc(F)cc(Cl)c2)COC1. The first-order valence-electron chi connectivity index (χ1n) is 11.7. The summed E-state index contributed by atoms with van der Waals surface area (Å²) >= 11 is 21.7. The summed E-state index contributed by atoms with van der Waals surface area (Å²) in [7, 11) is 0. The number of H-pyrrole nitrogens is 1. The van der Waals surface area contributed by atoms with Crippen LogP contribution in [0.4, 0.5) is 4.39 Å². The Morgan fingerprint density at radius 1 is 0.878 bits per heavy atom. The minimum absolute atomic E-state index is 0.00479. The highest BCUT2D eigenvalue weighted by Gasteiger charge is 2.36. The van der Waals surface area contributed by atoms with Crippen molar-refractivity contribution in [2.24, 2.45) is 10.8 Å². The summed E-state index contributed by atoms with van der Waals surface area (Å²) in [6.07, 6.45) is 0. The van der Waals surface area contributed by atoms with Crippen LogP contribution in [-0.4, -0.2) is 71.1 Å². The number of hydrogen-bond donors (Lipinski definition) is 1. The van der Waals surface area contributed by atoms with Gasteiger partial charge in [0.2, 0.25) is 14.2 Å². The zero-order chi connectivity index (χ0) is 29.8. The molecule has 19 heteroatoms. The second kappa shape index (κ2) is 14.2. The van der Waals surface area contributed by atoms with Crippen molar-refractivity contribution in [2.45, 2.75) is 26.9 Å². The average molecular weight is 914 g/mol. The third kappa shape index (κ3) is 9.74. The van der Waals surface area contributed by atoms with Crippen molar-refractivity contribution in [1.82, 2.24) is 44.7 Å². The molecule has 2 saturated heterocycles. The largest absolute Gasteiger partial charge is 0.424 e. The number of nitrogens with one attached hydrogen (secondary N) is 1. The highest BCUT2D eigenvalue weighted by molar-refractivity contribution is 9.11. The molecule has 0 unspecified atom stereocenters. The smallest absolute Gasteiger partial charge is 0.321 e. The van der Waals surface area contributed by atoms with Crippen molar-refractivity contribution < 1.29 is 18.6 Å². The number of aromatic amines is 1. The van der Waals surface area contributed by atoms with Gasteiger partial charge in [-0.1, -0.05) is 25.4 Å². The molecular weight excluding hydrogens is 892 g/mol. The van der Waals surface area contributed by atoms with Gasteiger partial charge in [-0.05, 0) is 91.8 Å². The van der Waals surface area contributed by atoms with E-state index in [1.807, 2.05) is 4.68 Å². The predicted molar refractivity (Wildman–Crippen MR) is 164 cm³/mol. The maximum absolute atomic E-state index is 13.3. The van der Waals surface area contributed by atoms with E-state index in [1.165, 1.54) is 18.2 Å². The summed E-state index contributed by atoms with van der Waals surface area (Å²) in [6, 6.07) is 4.25. The van der Waals surface area contributed by atoms with E-state index in [0.29, 0.717) is 38.7 Å². The van der Waals surface area contributed by atoms with E-state index in [-0.39, 0.29) is 27.6 Å². The van der Waals surface area contributed by atoms with Crippen LogP contribution in [0.2, 0.25) is 5.02 Å². The number of benzene rings is 1. The molecule has 0 bridgehead atoms. The highest BCUT2D eigenvalue weighted by atomic mass is 79.9. The molecule has 6 rings (SSSR count). The van der Waals surface area contributed by atoms with Gasteiger partial charge in [-0.25, -0.2) is 13.8 Å². The second-order valence-electron chi connectivity index (χ2n) is 9.84. The normalized spacial score (nSPS) is 16.4. The molecule has 12 nitrogen and oxygen atoms in total. The Morgan fingerprint density at radius 2 is 1.46 bits per heavy atom. The van der Waals surface area contributed by atoms with Crippen molar-refractivity contribution in [3.63, 3.8) is 0 Å². The van der Waals surface area contributed by atoms with Crippen LogP contribution in [0.15, 0.2) is 41.9 Å². The first kappa shape index (κ1) is 32.9. The molecule has 4 aromatic rings. The number of nitrogens with zero attached hydrogens (tertiary/aromatic N) is 8. The Bertz CT molecular complexity index is 1440. The van der Waals surface area contributed by atoms with E-state index < -0.39 is 5.82 Å². The van der Waals surface area contributed by atoms with Crippen molar-refractivity contribution in [2.75, 3.05) is 26.4 Å². The van der Waals surface area contributed by atoms with Crippen LogP contribution in [0.5, 0.6) is 11.8 Å². The third-order valence-electron chi connectivity index (χ3n) is 5.55. The van der Waals surface area contributed by atoms with Crippen LogP contribution < -0.4 is 4.74 Å². The number of halogens is 7. The molecule has 1 aromatic carbocycles. The fourth-order valence-corrected chi connectivity index (χ4v) is 5.89. The monoisotopic (exact) mass is 909 g/mol. The molecule has 2 aliphatic rings.